The highest BCUT2D eigenvalue weighted by Crippen LogP contribution is 2.33. The largest absolute Gasteiger partial charge is 0.484 e. The molecule has 3 heterocycles. The number of nitrogens with zero attached hydrogens (tertiary/aromatic N) is 4. The van der Waals surface area contributed by atoms with E-state index in [-0.39, 0.29) is 24.5 Å². The fourth-order valence-corrected chi connectivity index (χ4v) is 3.94. The molecule has 2 aromatic heterocycles. The fourth-order valence-electron chi connectivity index (χ4n) is 3.94. The summed E-state index contributed by atoms with van der Waals surface area (Å²) in [5.74, 6) is 0.881. The number of aromatic nitrogens is 3. The predicted octanol–water partition coefficient (Wildman–Crippen LogP) is 2.90. The molecule has 2 amide bonds. The summed E-state index contributed by atoms with van der Waals surface area (Å²) in [7, 11) is 0. The van der Waals surface area contributed by atoms with E-state index in [0.29, 0.717) is 12.3 Å². The van der Waals surface area contributed by atoms with Gasteiger partial charge in [0.1, 0.15) is 23.4 Å². The van der Waals surface area contributed by atoms with Crippen LogP contribution >= 0.6 is 0 Å². The van der Waals surface area contributed by atoms with E-state index in [1.807, 2.05) is 52.1 Å². The lowest BCUT2D eigenvalue weighted by molar-refractivity contribution is -0.141. The first-order valence-electron chi connectivity index (χ1n) is 10.7. The van der Waals surface area contributed by atoms with Crippen LogP contribution in [0.25, 0.3) is 5.82 Å². The van der Waals surface area contributed by atoms with Gasteiger partial charge in [0.15, 0.2) is 6.61 Å². The van der Waals surface area contributed by atoms with Gasteiger partial charge in [0.05, 0.1) is 11.7 Å². The molecule has 0 spiro atoms. The maximum Gasteiger partial charge on any atom is 0.258 e. The second kappa shape index (κ2) is 9.21. The topological polar surface area (TPSA) is 89.4 Å². The smallest absolute Gasteiger partial charge is 0.258 e. The molecule has 1 N–H and O–H groups in total. The Balaban J connectivity index is 1.43. The Hall–Kier alpha value is -3.68. The van der Waals surface area contributed by atoms with E-state index in [1.54, 1.807) is 38.5 Å². The molecule has 3 aromatic rings. The van der Waals surface area contributed by atoms with Crippen molar-refractivity contribution in [1.29, 1.82) is 0 Å². The Morgan fingerprint density at radius 3 is 2.72 bits per heavy atom. The van der Waals surface area contributed by atoms with E-state index in [2.05, 4.69) is 10.3 Å². The Morgan fingerprint density at radius 1 is 1.16 bits per heavy atom. The average molecular weight is 434 g/mol. The monoisotopic (exact) mass is 433 g/mol. The quantitative estimate of drug-likeness (QED) is 0.619. The first kappa shape index (κ1) is 21.5. The minimum absolute atomic E-state index is 0.136. The van der Waals surface area contributed by atoms with Gasteiger partial charge in [-0.3, -0.25) is 14.2 Å². The molecule has 8 heteroatoms. The molecule has 1 fully saturated rings. The van der Waals surface area contributed by atoms with Crippen LogP contribution in [-0.4, -0.2) is 49.9 Å². The molecule has 0 unspecified atom stereocenters. The zero-order valence-corrected chi connectivity index (χ0v) is 18.3. The number of ether oxygens (including phenoxy) is 1. The van der Waals surface area contributed by atoms with Crippen molar-refractivity contribution in [2.24, 2.45) is 0 Å². The summed E-state index contributed by atoms with van der Waals surface area (Å²) in [5.41, 5.74) is -0.238. The third kappa shape index (κ3) is 4.80. The summed E-state index contributed by atoms with van der Waals surface area (Å²) in [5, 5.41) is 2.82. The summed E-state index contributed by atoms with van der Waals surface area (Å²) in [6, 6.07) is 14.8. The summed E-state index contributed by atoms with van der Waals surface area (Å²) in [6.45, 7) is 3.92. The van der Waals surface area contributed by atoms with Crippen molar-refractivity contribution >= 4 is 11.8 Å². The van der Waals surface area contributed by atoms with Crippen molar-refractivity contribution in [3.63, 3.8) is 0 Å². The van der Waals surface area contributed by atoms with Crippen LogP contribution in [0, 0.1) is 0 Å². The molecule has 1 aliphatic heterocycles. The molecule has 0 saturated carbocycles. The van der Waals surface area contributed by atoms with Crippen molar-refractivity contribution in [1.82, 2.24) is 24.8 Å². The number of hydrogen-bond acceptors (Lipinski definition) is 5. The van der Waals surface area contributed by atoms with Gasteiger partial charge in [0.2, 0.25) is 5.91 Å². The highest BCUT2D eigenvalue weighted by Gasteiger charge is 2.39. The third-order valence-electron chi connectivity index (χ3n) is 5.48. The zero-order chi connectivity index (χ0) is 22.6. The van der Waals surface area contributed by atoms with Crippen LogP contribution in [0.2, 0.25) is 0 Å². The van der Waals surface area contributed by atoms with Gasteiger partial charge in [0.25, 0.3) is 5.91 Å². The number of rotatable bonds is 7. The number of carbonyl (C=O) groups excluding carboxylic acids is 2. The van der Waals surface area contributed by atoms with Crippen LogP contribution in [0.5, 0.6) is 5.75 Å². The third-order valence-corrected chi connectivity index (χ3v) is 5.48. The molecule has 1 saturated heterocycles. The molecular formula is C24H27N5O3. The van der Waals surface area contributed by atoms with E-state index < -0.39 is 5.54 Å². The van der Waals surface area contributed by atoms with Crippen molar-refractivity contribution in [3.8, 4) is 11.6 Å². The van der Waals surface area contributed by atoms with Gasteiger partial charge >= 0.3 is 0 Å². The molecule has 1 aromatic carbocycles. The number of imidazole rings is 1. The lowest BCUT2D eigenvalue weighted by Crippen LogP contribution is -2.56. The van der Waals surface area contributed by atoms with Gasteiger partial charge in [-0.15, -0.1) is 0 Å². The number of para-hydroxylation sites is 1. The molecule has 0 aliphatic carbocycles. The van der Waals surface area contributed by atoms with Crippen molar-refractivity contribution < 1.29 is 14.3 Å². The van der Waals surface area contributed by atoms with Crippen LogP contribution in [0.1, 0.15) is 38.4 Å². The normalized spacial score (nSPS) is 16.1. The highest BCUT2D eigenvalue weighted by molar-refractivity contribution is 5.91. The average Bonchev–Trinajstić information content (AvgIpc) is 3.50. The summed E-state index contributed by atoms with van der Waals surface area (Å²) in [6.07, 6.45) is 6.94. The van der Waals surface area contributed by atoms with Crippen LogP contribution < -0.4 is 10.1 Å². The second-order valence-corrected chi connectivity index (χ2v) is 8.32. The van der Waals surface area contributed by atoms with Crippen molar-refractivity contribution in [3.05, 3.63) is 72.9 Å². The van der Waals surface area contributed by atoms with Gasteiger partial charge in [-0.25, -0.2) is 9.97 Å². The summed E-state index contributed by atoms with van der Waals surface area (Å²) >= 11 is 0. The molecule has 0 bridgehead atoms. The fraction of sp³-hybridized carbons (Fsp3) is 0.333. The second-order valence-electron chi connectivity index (χ2n) is 8.32. The van der Waals surface area contributed by atoms with Crippen LogP contribution in [0.15, 0.2) is 67.3 Å². The molecule has 1 atom stereocenters. The van der Waals surface area contributed by atoms with Gasteiger partial charge in [-0.2, -0.15) is 0 Å². The molecule has 32 heavy (non-hydrogen) atoms. The van der Waals surface area contributed by atoms with E-state index in [4.69, 9.17) is 9.72 Å². The van der Waals surface area contributed by atoms with Gasteiger partial charge < -0.3 is 15.0 Å². The van der Waals surface area contributed by atoms with E-state index in [1.165, 1.54) is 0 Å². The van der Waals surface area contributed by atoms with Crippen LogP contribution in [0.4, 0.5) is 0 Å². The van der Waals surface area contributed by atoms with E-state index in [9.17, 15) is 9.59 Å². The number of benzene rings is 1. The molecular weight excluding hydrogens is 406 g/mol. The molecule has 166 valence electrons. The minimum Gasteiger partial charge on any atom is -0.484 e. The number of carbonyl (C=O) groups is 2. The number of hydrogen-bond donors (Lipinski definition) is 1. The van der Waals surface area contributed by atoms with Crippen LogP contribution in [0.3, 0.4) is 0 Å². The van der Waals surface area contributed by atoms with Gasteiger partial charge in [0, 0.05) is 18.9 Å². The summed E-state index contributed by atoms with van der Waals surface area (Å²) < 4.78 is 7.34. The number of amides is 2. The van der Waals surface area contributed by atoms with E-state index >= 15 is 0 Å². The molecule has 8 nitrogen and oxygen atoms in total. The number of pyridine rings is 1. The minimum atomic E-state index is -1.07. The van der Waals surface area contributed by atoms with Gasteiger partial charge in [-0.1, -0.05) is 24.3 Å². The molecule has 1 aliphatic rings. The Morgan fingerprint density at radius 2 is 1.97 bits per heavy atom. The highest BCUT2D eigenvalue weighted by atomic mass is 16.5. The maximum absolute atomic E-state index is 13.4. The Labute approximate surface area is 187 Å². The maximum atomic E-state index is 13.4. The van der Waals surface area contributed by atoms with Crippen molar-refractivity contribution in [2.75, 3.05) is 13.2 Å². The Kier molecular flexibility index (Phi) is 6.20. The SMILES string of the molecule is CC(C)(NC(=O)COc1ccccc1)C(=O)N1CCC[C@@H]1c1cccc(-n2ccnc2)n1. The Bertz CT molecular complexity index is 1070. The lowest BCUT2D eigenvalue weighted by atomic mass is 10.0. The molecule has 4 rings (SSSR count). The van der Waals surface area contributed by atoms with Crippen molar-refractivity contribution in [2.45, 2.75) is 38.3 Å². The van der Waals surface area contributed by atoms with Crippen LogP contribution in [-0.2, 0) is 9.59 Å². The predicted molar refractivity (Wildman–Crippen MR) is 119 cm³/mol. The number of nitrogens with one attached hydrogen (secondary N) is 1. The standard InChI is InChI=1S/C24H27N5O3/c1-24(2,27-22(30)16-32-18-8-4-3-5-9-18)23(31)29-14-7-11-20(29)19-10-6-12-21(26-19)28-15-13-25-17-28/h3-6,8-10,12-13,15,17,20H,7,11,14,16H2,1-2H3,(H,27,30)/t20-/m1/s1. The number of likely N-dealkylation sites (tertiary alicyclic amines) is 1. The van der Waals surface area contributed by atoms with E-state index in [0.717, 1.165) is 24.4 Å². The van der Waals surface area contributed by atoms with Gasteiger partial charge in [-0.05, 0) is 51.0 Å². The first-order valence-corrected chi connectivity index (χ1v) is 10.7. The lowest BCUT2D eigenvalue weighted by Gasteiger charge is -2.33. The first-order chi connectivity index (χ1) is 15.4. The zero-order valence-electron chi connectivity index (χ0n) is 18.3. The summed E-state index contributed by atoms with van der Waals surface area (Å²) in [4.78, 5) is 36.5. The molecule has 0 radical (unpaired) electrons.